The lowest BCUT2D eigenvalue weighted by Gasteiger charge is -2.31. The molecule has 1 aromatic rings. The highest BCUT2D eigenvalue weighted by Gasteiger charge is 2.24. The topological polar surface area (TPSA) is 21.3 Å². The third kappa shape index (κ3) is 4.92. The Kier molecular flexibility index (Phi) is 7.10. The fourth-order valence-electron chi connectivity index (χ4n) is 3.31. The van der Waals surface area contributed by atoms with Gasteiger partial charge in [0.25, 0.3) is 0 Å². The molecule has 1 unspecified atom stereocenters. The molecule has 2 rings (SSSR count). The summed E-state index contributed by atoms with van der Waals surface area (Å²) < 4.78 is 5.12. The lowest BCUT2D eigenvalue weighted by Crippen LogP contribution is -2.30. The molecule has 0 aromatic heterocycles. The average molecular weight is 275 g/mol. The van der Waals surface area contributed by atoms with Crippen LogP contribution in [0.1, 0.15) is 56.6 Å². The third-order valence-electron chi connectivity index (χ3n) is 4.42. The van der Waals surface area contributed by atoms with Gasteiger partial charge in [-0.25, -0.2) is 0 Å². The highest BCUT2D eigenvalue weighted by molar-refractivity contribution is 5.19. The Hall–Kier alpha value is -0.860. The third-order valence-corrected chi connectivity index (χ3v) is 4.42. The number of rotatable bonds is 8. The predicted octanol–water partition coefficient (Wildman–Crippen LogP) is 4.32. The number of hydrogen-bond acceptors (Lipinski definition) is 2. The van der Waals surface area contributed by atoms with Crippen molar-refractivity contribution in [1.82, 2.24) is 5.32 Å². The molecule has 2 nitrogen and oxygen atoms in total. The molecule has 1 atom stereocenters. The molecule has 0 heterocycles. The van der Waals surface area contributed by atoms with Crippen LogP contribution in [-0.2, 0) is 4.74 Å². The van der Waals surface area contributed by atoms with E-state index in [1.54, 1.807) is 7.11 Å². The first-order valence-corrected chi connectivity index (χ1v) is 8.19. The van der Waals surface area contributed by atoms with Gasteiger partial charge in [0.2, 0.25) is 0 Å². The number of methoxy groups -OCH3 is 1. The number of nitrogens with one attached hydrogen (secondary N) is 1. The molecule has 1 fully saturated rings. The van der Waals surface area contributed by atoms with Gasteiger partial charge in [-0.05, 0) is 43.7 Å². The van der Waals surface area contributed by atoms with Crippen molar-refractivity contribution in [2.75, 3.05) is 20.3 Å². The van der Waals surface area contributed by atoms with Gasteiger partial charge >= 0.3 is 0 Å². The Morgan fingerprint density at radius 2 is 1.85 bits per heavy atom. The van der Waals surface area contributed by atoms with Crippen molar-refractivity contribution in [2.24, 2.45) is 5.92 Å². The Morgan fingerprint density at radius 1 is 1.10 bits per heavy atom. The summed E-state index contributed by atoms with van der Waals surface area (Å²) in [6, 6.07) is 11.5. The van der Waals surface area contributed by atoms with Gasteiger partial charge in [0.05, 0.1) is 0 Å². The second-order valence-electron chi connectivity index (χ2n) is 5.94. The molecule has 20 heavy (non-hydrogen) atoms. The van der Waals surface area contributed by atoms with Crippen LogP contribution in [0.2, 0.25) is 0 Å². The van der Waals surface area contributed by atoms with Crippen LogP contribution in [0.25, 0.3) is 0 Å². The molecule has 0 radical (unpaired) electrons. The zero-order valence-electron chi connectivity index (χ0n) is 12.8. The standard InChI is InChI=1S/C18H29NO/c1-20-15-9-8-14-19-18(16-10-4-2-5-11-16)17-12-6-3-7-13-17/h2,4-5,10-11,17-19H,3,6-9,12-15H2,1H3. The van der Waals surface area contributed by atoms with E-state index in [4.69, 9.17) is 4.74 Å². The van der Waals surface area contributed by atoms with Crippen molar-refractivity contribution in [3.63, 3.8) is 0 Å². The van der Waals surface area contributed by atoms with E-state index in [0.29, 0.717) is 6.04 Å². The highest BCUT2D eigenvalue weighted by Crippen LogP contribution is 2.34. The molecule has 0 saturated heterocycles. The Bertz CT molecular complexity index is 346. The Morgan fingerprint density at radius 3 is 2.55 bits per heavy atom. The molecular formula is C18H29NO. The number of ether oxygens (including phenoxy) is 1. The van der Waals surface area contributed by atoms with Crippen LogP contribution in [0.5, 0.6) is 0 Å². The molecule has 0 amide bonds. The van der Waals surface area contributed by atoms with Gasteiger partial charge in [0.1, 0.15) is 0 Å². The van der Waals surface area contributed by atoms with Gasteiger partial charge in [0.15, 0.2) is 0 Å². The van der Waals surface area contributed by atoms with Crippen molar-refractivity contribution in [2.45, 2.75) is 51.0 Å². The molecule has 2 heteroatoms. The first kappa shape index (κ1) is 15.5. The minimum Gasteiger partial charge on any atom is -0.385 e. The van der Waals surface area contributed by atoms with Crippen LogP contribution in [0.15, 0.2) is 30.3 Å². The van der Waals surface area contributed by atoms with Gasteiger partial charge in [-0.3, -0.25) is 0 Å². The normalized spacial score (nSPS) is 18.1. The maximum absolute atomic E-state index is 5.12. The van der Waals surface area contributed by atoms with Gasteiger partial charge in [-0.2, -0.15) is 0 Å². The number of unbranched alkanes of at least 4 members (excludes halogenated alkanes) is 1. The summed E-state index contributed by atoms with van der Waals surface area (Å²) >= 11 is 0. The van der Waals surface area contributed by atoms with Crippen LogP contribution >= 0.6 is 0 Å². The minimum atomic E-state index is 0.541. The maximum Gasteiger partial charge on any atom is 0.0462 e. The van der Waals surface area contributed by atoms with Crippen molar-refractivity contribution >= 4 is 0 Å². The van der Waals surface area contributed by atoms with E-state index in [-0.39, 0.29) is 0 Å². The lowest BCUT2D eigenvalue weighted by molar-refractivity contribution is 0.191. The summed E-state index contributed by atoms with van der Waals surface area (Å²) in [6.45, 7) is 1.97. The molecular weight excluding hydrogens is 246 g/mol. The van der Waals surface area contributed by atoms with E-state index in [9.17, 15) is 0 Å². The Labute approximate surface area is 123 Å². The van der Waals surface area contributed by atoms with E-state index < -0.39 is 0 Å². The van der Waals surface area contributed by atoms with Crippen molar-refractivity contribution in [3.8, 4) is 0 Å². The van der Waals surface area contributed by atoms with E-state index in [0.717, 1.165) is 25.5 Å². The SMILES string of the molecule is COCCCCNC(c1ccccc1)C1CCCCC1. The van der Waals surface area contributed by atoms with Crippen LogP contribution in [0.4, 0.5) is 0 Å². The quantitative estimate of drug-likeness (QED) is 0.713. The highest BCUT2D eigenvalue weighted by atomic mass is 16.5. The molecule has 1 saturated carbocycles. The molecule has 0 aliphatic heterocycles. The average Bonchev–Trinajstić information content (AvgIpc) is 2.53. The molecule has 1 N–H and O–H groups in total. The molecule has 1 aliphatic carbocycles. The van der Waals surface area contributed by atoms with Crippen molar-refractivity contribution < 1.29 is 4.74 Å². The summed E-state index contributed by atoms with van der Waals surface area (Å²) in [5.41, 5.74) is 1.46. The maximum atomic E-state index is 5.12. The second-order valence-corrected chi connectivity index (χ2v) is 5.94. The summed E-state index contributed by atoms with van der Waals surface area (Å²) in [5.74, 6) is 0.813. The summed E-state index contributed by atoms with van der Waals surface area (Å²) in [7, 11) is 1.78. The van der Waals surface area contributed by atoms with E-state index in [1.807, 2.05) is 0 Å². The van der Waals surface area contributed by atoms with Crippen LogP contribution < -0.4 is 5.32 Å². The zero-order chi connectivity index (χ0) is 14.0. The van der Waals surface area contributed by atoms with Crippen LogP contribution in [0, 0.1) is 5.92 Å². The fraction of sp³-hybridized carbons (Fsp3) is 0.667. The van der Waals surface area contributed by atoms with Gasteiger partial charge < -0.3 is 10.1 Å². The van der Waals surface area contributed by atoms with Gasteiger partial charge in [-0.1, -0.05) is 49.6 Å². The smallest absolute Gasteiger partial charge is 0.0462 e. The van der Waals surface area contributed by atoms with Crippen molar-refractivity contribution in [1.29, 1.82) is 0 Å². The number of hydrogen-bond donors (Lipinski definition) is 1. The number of benzene rings is 1. The molecule has 0 bridgehead atoms. The van der Waals surface area contributed by atoms with E-state index in [1.165, 1.54) is 44.1 Å². The minimum absolute atomic E-state index is 0.541. The van der Waals surface area contributed by atoms with Crippen LogP contribution in [0.3, 0.4) is 0 Å². The van der Waals surface area contributed by atoms with E-state index in [2.05, 4.69) is 35.6 Å². The molecule has 1 aromatic carbocycles. The summed E-state index contributed by atoms with van der Waals surface area (Å²) in [4.78, 5) is 0. The summed E-state index contributed by atoms with van der Waals surface area (Å²) in [6.07, 6.45) is 9.33. The molecule has 112 valence electrons. The predicted molar refractivity (Wildman–Crippen MR) is 84.9 cm³/mol. The summed E-state index contributed by atoms with van der Waals surface area (Å²) in [5, 5.41) is 3.81. The monoisotopic (exact) mass is 275 g/mol. The van der Waals surface area contributed by atoms with Gasteiger partial charge in [-0.15, -0.1) is 0 Å². The fourth-order valence-corrected chi connectivity index (χ4v) is 3.31. The first-order chi connectivity index (χ1) is 9.92. The van der Waals surface area contributed by atoms with Crippen molar-refractivity contribution in [3.05, 3.63) is 35.9 Å². The second kappa shape index (κ2) is 9.15. The zero-order valence-corrected chi connectivity index (χ0v) is 12.8. The van der Waals surface area contributed by atoms with E-state index >= 15 is 0 Å². The lowest BCUT2D eigenvalue weighted by atomic mass is 9.81. The first-order valence-electron chi connectivity index (χ1n) is 8.19. The van der Waals surface area contributed by atoms with Crippen LogP contribution in [-0.4, -0.2) is 20.3 Å². The van der Waals surface area contributed by atoms with Gasteiger partial charge in [0, 0.05) is 19.8 Å². The largest absolute Gasteiger partial charge is 0.385 e. The molecule has 0 spiro atoms. The molecule has 1 aliphatic rings. The Balaban J connectivity index is 1.90.